The first-order valence-electron chi connectivity index (χ1n) is 10.3. The normalized spacial score (nSPS) is 13.9. The Bertz CT molecular complexity index is 1250. The van der Waals surface area contributed by atoms with Gasteiger partial charge in [-0.1, -0.05) is 55.8 Å². The Morgan fingerprint density at radius 1 is 0.833 bits per heavy atom. The van der Waals surface area contributed by atoms with Gasteiger partial charge in [-0.15, -0.1) is 0 Å². The van der Waals surface area contributed by atoms with E-state index in [4.69, 9.17) is 9.72 Å². The van der Waals surface area contributed by atoms with Gasteiger partial charge in [0.05, 0.1) is 12.3 Å². The van der Waals surface area contributed by atoms with Crippen LogP contribution in [0.25, 0.3) is 21.7 Å². The fourth-order valence-corrected chi connectivity index (χ4v) is 4.09. The number of carbonyl (C=O) groups is 2. The lowest BCUT2D eigenvalue weighted by Gasteiger charge is -2.11. The number of aromatic nitrogens is 1. The van der Waals surface area contributed by atoms with Gasteiger partial charge < -0.3 is 4.74 Å². The van der Waals surface area contributed by atoms with Gasteiger partial charge >= 0.3 is 0 Å². The van der Waals surface area contributed by atoms with E-state index in [0.29, 0.717) is 34.7 Å². The van der Waals surface area contributed by atoms with Gasteiger partial charge in [0.25, 0.3) is 0 Å². The number of para-hydroxylation sites is 1. The summed E-state index contributed by atoms with van der Waals surface area (Å²) in [6.45, 7) is 2.72. The molecule has 1 aliphatic carbocycles. The van der Waals surface area contributed by atoms with Crippen LogP contribution in [-0.4, -0.2) is 23.2 Å². The largest absolute Gasteiger partial charge is 0.491 e. The monoisotopic (exact) mass is 395 g/mol. The summed E-state index contributed by atoms with van der Waals surface area (Å²) < 4.78 is 5.91. The van der Waals surface area contributed by atoms with E-state index in [0.717, 1.165) is 29.0 Å². The van der Waals surface area contributed by atoms with E-state index in [9.17, 15) is 9.59 Å². The molecule has 4 aromatic rings. The zero-order valence-corrected chi connectivity index (χ0v) is 16.7. The first-order chi connectivity index (χ1) is 14.7. The molecular weight excluding hydrogens is 374 g/mol. The minimum Gasteiger partial charge on any atom is -0.491 e. The molecule has 4 heteroatoms. The van der Waals surface area contributed by atoms with Gasteiger partial charge in [-0.3, -0.25) is 9.59 Å². The number of unbranched alkanes of at least 4 members (excludes halogenated alkanes) is 1. The molecule has 0 amide bonds. The third-order valence-corrected chi connectivity index (χ3v) is 5.70. The lowest BCUT2D eigenvalue weighted by molar-refractivity contribution is 0.0888. The molecular formula is C26H21NO3. The number of Topliss-reactive ketones (excluding diaryl/α,β-unsaturated/α-hetero) is 2. The number of hydrogen-bond acceptors (Lipinski definition) is 4. The van der Waals surface area contributed by atoms with Crippen molar-refractivity contribution in [2.75, 3.05) is 6.61 Å². The van der Waals surface area contributed by atoms with E-state index in [1.54, 1.807) is 6.07 Å². The molecule has 1 heterocycles. The first kappa shape index (κ1) is 18.5. The fourth-order valence-electron chi connectivity index (χ4n) is 4.09. The molecule has 0 spiro atoms. The van der Waals surface area contributed by atoms with Crippen LogP contribution in [0.15, 0.2) is 66.7 Å². The Morgan fingerprint density at radius 2 is 1.50 bits per heavy atom. The number of fused-ring (bicyclic) bond motifs is 3. The van der Waals surface area contributed by atoms with Crippen LogP contribution >= 0.6 is 0 Å². The molecule has 0 aliphatic heterocycles. The lowest BCUT2D eigenvalue weighted by Crippen LogP contribution is -2.14. The van der Waals surface area contributed by atoms with Gasteiger partial charge in [0.2, 0.25) is 0 Å². The van der Waals surface area contributed by atoms with E-state index >= 15 is 0 Å². The summed E-state index contributed by atoms with van der Waals surface area (Å²) in [5.41, 5.74) is 2.13. The summed E-state index contributed by atoms with van der Waals surface area (Å²) in [6.07, 6.45) is 2.00. The molecule has 1 aliphatic rings. The summed E-state index contributed by atoms with van der Waals surface area (Å²) >= 11 is 0. The van der Waals surface area contributed by atoms with Crippen molar-refractivity contribution in [3.05, 3.63) is 83.6 Å². The van der Waals surface area contributed by atoms with Crippen LogP contribution in [0.2, 0.25) is 0 Å². The number of ketones is 2. The minimum atomic E-state index is -0.898. The molecule has 0 radical (unpaired) electrons. The van der Waals surface area contributed by atoms with Crippen LogP contribution in [-0.2, 0) is 0 Å². The maximum Gasteiger partial charge on any atom is 0.180 e. The topological polar surface area (TPSA) is 56.3 Å². The molecule has 30 heavy (non-hydrogen) atoms. The second-order valence-electron chi connectivity index (χ2n) is 7.67. The molecule has 4 nitrogen and oxygen atoms in total. The molecule has 0 atom stereocenters. The van der Waals surface area contributed by atoms with Gasteiger partial charge in [-0.25, -0.2) is 4.98 Å². The Labute approximate surface area is 174 Å². The number of carbonyl (C=O) groups excluding carboxylic acids is 2. The average Bonchev–Trinajstić information content (AvgIpc) is 3.02. The summed E-state index contributed by atoms with van der Waals surface area (Å²) in [5.74, 6) is -0.581. The van der Waals surface area contributed by atoms with E-state index in [2.05, 4.69) is 6.92 Å². The van der Waals surface area contributed by atoms with Crippen LogP contribution in [0.3, 0.4) is 0 Å². The molecule has 3 aromatic carbocycles. The SMILES string of the molecule is CCCCOc1cccc2ccc(C3C(=O)c4cc5ccccc5cc4C3=O)nc12. The zero-order valence-electron chi connectivity index (χ0n) is 16.7. The number of pyridine rings is 1. The van der Waals surface area contributed by atoms with Crippen LogP contribution in [0.4, 0.5) is 0 Å². The first-order valence-corrected chi connectivity index (χ1v) is 10.3. The Balaban J connectivity index is 1.57. The molecule has 0 bridgehead atoms. The number of rotatable bonds is 5. The molecule has 5 rings (SSSR count). The molecule has 0 saturated carbocycles. The van der Waals surface area contributed by atoms with Crippen molar-refractivity contribution in [3.8, 4) is 5.75 Å². The Morgan fingerprint density at radius 3 is 2.17 bits per heavy atom. The maximum atomic E-state index is 13.2. The lowest BCUT2D eigenvalue weighted by atomic mass is 9.98. The van der Waals surface area contributed by atoms with Crippen LogP contribution in [0.5, 0.6) is 5.75 Å². The minimum absolute atomic E-state index is 0.183. The molecule has 0 unspecified atom stereocenters. The maximum absolute atomic E-state index is 13.2. The van der Waals surface area contributed by atoms with Crippen LogP contribution in [0.1, 0.15) is 52.1 Å². The zero-order chi connectivity index (χ0) is 20.7. The summed E-state index contributed by atoms with van der Waals surface area (Å²) in [6, 6.07) is 20.9. The van der Waals surface area contributed by atoms with Crippen LogP contribution < -0.4 is 4.74 Å². The van der Waals surface area contributed by atoms with Crippen molar-refractivity contribution in [3.63, 3.8) is 0 Å². The van der Waals surface area contributed by atoms with Crippen molar-refractivity contribution < 1.29 is 14.3 Å². The summed E-state index contributed by atoms with van der Waals surface area (Å²) in [4.78, 5) is 31.1. The van der Waals surface area contributed by atoms with E-state index in [1.165, 1.54) is 0 Å². The fraction of sp³-hybridized carbons (Fsp3) is 0.192. The van der Waals surface area contributed by atoms with Crippen molar-refractivity contribution in [1.29, 1.82) is 0 Å². The highest BCUT2D eigenvalue weighted by atomic mass is 16.5. The van der Waals surface area contributed by atoms with Gasteiger partial charge in [0.15, 0.2) is 11.6 Å². The molecule has 0 fully saturated rings. The predicted octanol–water partition coefficient (Wildman–Crippen LogP) is 5.73. The van der Waals surface area contributed by atoms with Gasteiger partial charge in [-0.05, 0) is 41.5 Å². The molecule has 1 aromatic heterocycles. The quantitative estimate of drug-likeness (QED) is 0.320. The third kappa shape index (κ3) is 2.96. The molecule has 148 valence electrons. The number of ether oxygens (including phenoxy) is 1. The van der Waals surface area contributed by atoms with Crippen molar-refractivity contribution in [1.82, 2.24) is 4.98 Å². The number of nitrogens with zero attached hydrogens (tertiary/aromatic N) is 1. The smallest absolute Gasteiger partial charge is 0.180 e. The van der Waals surface area contributed by atoms with E-state index in [1.807, 2.05) is 60.7 Å². The third-order valence-electron chi connectivity index (χ3n) is 5.70. The molecule has 0 N–H and O–H groups in total. The van der Waals surface area contributed by atoms with Gasteiger partial charge in [-0.2, -0.15) is 0 Å². The standard InChI is InChI=1S/C26H21NO3/c1-2-3-13-30-22-10-6-9-16-11-12-21(27-24(16)22)23-25(28)19-14-17-7-4-5-8-18(17)15-20(19)26(23)29/h4-12,14-15,23H,2-3,13H2,1H3. The Hall–Kier alpha value is -3.53. The van der Waals surface area contributed by atoms with Gasteiger partial charge in [0.1, 0.15) is 17.2 Å². The van der Waals surface area contributed by atoms with Crippen LogP contribution in [0, 0.1) is 0 Å². The number of hydrogen-bond donors (Lipinski definition) is 0. The van der Waals surface area contributed by atoms with Crippen molar-refractivity contribution in [2.45, 2.75) is 25.7 Å². The molecule has 0 saturated heterocycles. The number of benzene rings is 3. The van der Waals surface area contributed by atoms with E-state index < -0.39 is 5.92 Å². The second-order valence-corrected chi connectivity index (χ2v) is 7.67. The predicted molar refractivity (Wildman–Crippen MR) is 117 cm³/mol. The summed E-state index contributed by atoms with van der Waals surface area (Å²) in [5, 5.41) is 2.83. The highest BCUT2D eigenvalue weighted by Gasteiger charge is 2.40. The van der Waals surface area contributed by atoms with E-state index in [-0.39, 0.29) is 11.6 Å². The van der Waals surface area contributed by atoms with Crippen molar-refractivity contribution >= 4 is 33.2 Å². The summed E-state index contributed by atoms with van der Waals surface area (Å²) in [7, 11) is 0. The van der Waals surface area contributed by atoms with Gasteiger partial charge in [0, 0.05) is 16.5 Å². The highest BCUT2D eigenvalue weighted by Crippen LogP contribution is 2.37. The van der Waals surface area contributed by atoms with Crippen molar-refractivity contribution in [2.24, 2.45) is 0 Å². The highest BCUT2D eigenvalue weighted by molar-refractivity contribution is 6.30. The second kappa shape index (κ2) is 7.38. The Kier molecular flexibility index (Phi) is 4.55. The average molecular weight is 395 g/mol.